The zero-order chi connectivity index (χ0) is 22.5. The van der Waals surface area contributed by atoms with Gasteiger partial charge in [0.2, 0.25) is 5.95 Å². The standard InChI is InChI=1S/C19H19N7O5/c20-15-14-16(26-19(21)25-15)22-8-11(23-14)7-9-1-3-10(4-2-9)17(29)24-12(18(30)31)5-6-13(27)28/h1-4,8,12H,5-7H2,(H,24,29)(H,27,28)(H,30,31)(H4,20,21,22,25,26). The Kier molecular flexibility index (Phi) is 6.19. The van der Waals surface area contributed by atoms with Gasteiger partial charge in [0.15, 0.2) is 17.0 Å². The molecule has 1 atom stereocenters. The van der Waals surface area contributed by atoms with Gasteiger partial charge in [-0.1, -0.05) is 12.1 Å². The molecule has 0 saturated heterocycles. The third-order valence-corrected chi connectivity index (χ3v) is 4.35. The van der Waals surface area contributed by atoms with Gasteiger partial charge in [-0.2, -0.15) is 9.97 Å². The van der Waals surface area contributed by atoms with E-state index in [1.807, 2.05) is 0 Å². The summed E-state index contributed by atoms with van der Waals surface area (Å²) in [6, 6.07) is 5.16. The second-order valence-corrected chi connectivity index (χ2v) is 6.67. The maximum Gasteiger partial charge on any atom is 0.326 e. The Morgan fingerprint density at radius 1 is 1.03 bits per heavy atom. The first-order valence-electron chi connectivity index (χ1n) is 9.12. The Morgan fingerprint density at radius 3 is 2.39 bits per heavy atom. The number of hydrogen-bond donors (Lipinski definition) is 5. The van der Waals surface area contributed by atoms with Crippen molar-refractivity contribution in [1.29, 1.82) is 0 Å². The molecule has 0 aliphatic rings. The summed E-state index contributed by atoms with van der Waals surface area (Å²) in [5.41, 5.74) is 13.6. The van der Waals surface area contributed by atoms with Crippen LogP contribution in [0.4, 0.5) is 11.8 Å². The molecule has 0 spiro atoms. The van der Waals surface area contributed by atoms with Gasteiger partial charge >= 0.3 is 11.9 Å². The lowest BCUT2D eigenvalue weighted by molar-refractivity contribution is -0.140. The van der Waals surface area contributed by atoms with Crippen LogP contribution in [0.5, 0.6) is 0 Å². The number of amides is 1. The Balaban J connectivity index is 1.69. The minimum absolute atomic E-state index is 0.00835. The molecule has 1 amide bonds. The number of benzene rings is 1. The van der Waals surface area contributed by atoms with Crippen LogP contribution in [0.3, 0.4) is 0 Å². The highest BCUT2D eigenvalue weighted by Crippen LogP contribution is 2.16. The molecule has 0 aliphatic carbocycles. The molecule has 31 heavy (non-hydrogen) atoms. The Hall–Kier alpha value is -4.35. The highest BCUT2D eigenvalue weighted by atomic mass is 16.4. The summed E-state index contributed by atoms with van der Waals surface area (Å²) in [4.78, 5) is 50.6. The van der Waals surface area contributed by atoms with E-state index in [0.29, 0.717) is 17.6 Å². The Morgan fingerprint density at radius 2 is 1.74 bits per heavy atom. The first-order chi connectivity index (χ1) is 14.7. The van der Waals surface area contributed by atoms with E-state index in [4.69, 9.17) is 21.7 Å². The molecule has 0 aliphatic heterocycles. The summed E-state index contributed by atoms with van der Waals surface area (Å²) < 4.78 is 0. The largest absolute Gasteiger partial charge is 0.481 e. The lowest BCUT2D eigenvalue weighted by Crippen LogP contribution is -2.41. The number of nitrogens with two attached hydrogens (primary N) is 2. The maximum atomic E-state index is 12.3. The van der Waals surface area contributed by atoms with Gasteiger partial charge in [0, 0.05) is 18.4 Å². The number of carbonyl (C=O) groups excluding carboxylic acids is 1. The molecule has 2 aromatic heterocycles. The number of nitrogens with one attached hydrogen (secondary N) is 1. The third-order valence-electron chi connectivity index (χ3n) is 4.35. The SMILES string of the molecule is Nc1nc(N)c2nc(Cc3ccc(C(=O)NC(CCC(=O)O)C(=O)O)cc3)cnc2n1. The van der Waals surface area contributed by atoms with Crippen molar-refractivity contribution in [1.82, 2.24) is 25.3 Å². The second kappa shape index (κ2) is 8.98. The number of nitrogens with zero attached hydrogens (tertiary/aromatic N) is 4. The summed E-state index contributed by atoms with van der Waals surface area (Å²) in [7, 11) is 0. The van der Waals surface area contributed by atoms with Crippen LogP contribution in [0.25, 0.3) is 11.2 Å². The van der Waals surface area contributed by atoms with Crippen LogP contribution in [0, 0.1) is 0 Å². The molecule has 160 valence electrons. The van der Waals surface area contributed by atoms with Gasteiger partial charge in [0.05, 0.1) is 11.9 Å². The van der Waals surface area contributed by atoms with Crippen LogP contribution in [-0.4, -0.2) is 54.0 Å². The van der Waals surface area contributed by atoms with Crippen molar-refractivity contribution in [2.24, 2.45) is 0 Å². The van der Waals surface area contributed by atoms with Crippen molar-refractivity contribution in [2.45, 2.75) is 25.3 Å². The molecule has 3 aromatic rings. The number of fused-ring (bicyclic) bond motifs is 1. The number of rotatable bonds is 8. The number of carboxylic acids is 2. The number of nitrogen functional groups attached to an aromatic ring is 2. The zero-order valence-corrected chi connectivity index (χ0v) is 16.1. The van der Waals surface area contributed by atoms with E-state index in [2.05, 4.69) is 25.3 Å². The fourth-order valence-corrected chi connectivity index (χ4v) is 2.82. The monoisotopic (exact) mass is 425 g/mol. The van der Waals surface area contributed by atoms with Crippen molar-refractivity contribution < 1.29 is 24.6 Å². The van der Waals surface area contributed by atoms with E-state index >= 15 is 0 Å². The van der Waals surface area contributed by atoms with E-state index in [1.165, 1.54) is 18.3 Å². The number of aliphatic carboxylic acids is 2. The van der Waals surface area contributed by atoms with Crippen LogP contribution in [0.2, 0.25) is 0 Å². The van der Waals surface area contributed by atoms with Crippen molar-refractivity contribution in [3.8, 4) is 0 Å². The van der Waals surface area contributed by atoms with Gasteiger partial charge in [0.25, 0.3) is 5.91 Å². The fraction of sp³-hybridized carbons (Fsp3) is 0.211. The molecule has 0 saturated carbocycles. The summed E-state index contributed by atoms with van der Waals surface area (Å²) in [6.45, 7) is 0. The number of carboxylic acid groups (broad SMARTS) is 2. The third kappa shape index (κ3) is 5.38. The first-order valence-corrected chi connectivity index (χ1v) is 9.12. The summed E-state index contributed by atoms with van der Waals surface area (Å²) in [6.07, 6.45) is 1.35. The zero-order valence-electron chi connectivity index (χ0n) is 16.1. The molecular formula is C19H19N7O5. The number of hydrogen-bond acceptors (Lipinski definition) is 9. The quantitative estimate of drug-likeness (QED) is 0.330. The van der Waals surface area contributed by atoms with Crippen LogP contribution >= 0.6 is 0 Å². The highest BCUT2D eigenvalue weighted by molar-refractivity contribution is 5.96. The van der Waals surface area contributed by atoms with Gasteiger partial charge in [-0.05, 0) is 24.1 Å². The lowest BCUT2D eigenvalue weighted by atomic mass is 10.1. The molecule has 7 N–H and O–H groups in total. The van der Waals surface area contributed by atoms with Crippen molar-refractivity contribution in [2.75, 3.05) is 11.5 Å². The molecule has 3 rings (SSSR count). The van der Waals surface area contributed by atoms with E-state index in [0.717, 1.165) is 5.56 Å². The van der Waals surface area contributed by atoms with Crippen LogP contribution in [-0.2, 0) is 16.0 Å². The van der Waals surface area contributed by atoms with Crippen molar-refractivity contribution in [3.05, 3.63) is 47.3 Å². The average molecular weight is 425 g/mol. The van der Waals surface area contributed by atoms with E-state index in [-0.39, 0.29) is 35.8 Å². The topological polar surface area (TPSA) is 207 Å². The maximum absolute atomic E-state index is 12.3. The Bertz CT molecular complexity index is 1150. The van der Waals surface area contributed by atoms with Crippen LogP contribution in [0.15, 0.2) is 30.5 Å². The predicted molar refractivity (Wildman–Crippen MR) is 109 cm³/mol. The van der Waals surface area contributed by atoms with Crippen LogP contribution in [0.1, 0.15) is 34.5 Å². The predicted octanol–water partition coefficient (Wildman–Crippen LogP) is 0.223. The normalized spacial score (nSPS) is 11.7. The minimum Gasteiger partial charge on any atom is -0.481 e. The molecule has 1 aromatic carbocycles. The van der Waals surface area contributed by atoms with E-state index < -0.39 is 23.9 Å². The first kappa shape index (κ1) is 21.4. The molecule has 12 nitrogen and oxygen atoms in total. The summed E-state index contributed by atoms with van der Waals surface area (Å²) in [5.74, 6) is -2.92. The molecular weight excluding hydrogens is 406 g/mol. The highest BCUT2D eigenvalue weighted by Gasteiger charge is 2.21. The molecule has 0 bridgehead atoms. The molecule has 12 heteroatoms. The smallest absolute Gasteiger partial charge is 0.326 e. The van der Waals surface area contributed by atoms with Crippen LogP contribution < -0.4 is 16.8 Å². The Labute approximate surface area is 175 Å². The van der Waals surface area contributed by atoms with Gasteiger partial charge in [-0.15, -0.1) is 0 Å². The lowest BCUT2D eigenvalue weighted by Gasteiger charge is -2.13. The van der Waals surface area contributed by atoms with Gasteiger partial charge < -0.3 is 27.0 Å². The van der Waals surface area contributed by atoms with Gasteiger partial charge in [-0.3, -0.25) is 9.59 Å². The number of aromatic nitrogens is 4. The fourth-order valence-electron chi connectivity index (χ4n) is 2.82. The number of anilines is 2. The summed E-state index contributed by atoms with van der Waals surface area (Å²) in [5, 5.41) is 20.2. The average Bonchev–Trinajstić information content (AvgIpc) is 2.71. The molecule has 0 radical (unpaired) electrons. The van der Waals surface area contributed by atoms with E-state index in [9.17, 15) is 14.4 Å². The van der Waals surface area contributed by atoms with Crippen molar-refractivity contribution >= 4 is 40.8 Å². The van der Waals surface area contributed by atoms with E-state index in [1.54, 1.807) is 12.1 Å². The second-order valence-electron chi connectivity index (χ2n) is 6.67. The molecule has 0 fully saturated rings. The van der Waals surface area contributed by atoms with Crippen molar-refractivity contribution in [3.63, 3.8) is 0 Å². The summed E-state index contributed by atoms with van der Waals surface area (Å²) >= 11 is 0. The molecule has 1 unspecified atom stereocenters. The minimum atomic E-state index is -1.30. The van der Waals surface area contributed by atoms with Gasteiger partial charge in [0.1, 0.15) is 6.04 Å². The van der Waals surface area contributed by atoms with Gasteiger partial charge in [-0.25, -0.2) is 14.8 Å². The molecule has 2 heterocycles. The number of carbonyl (C=O) groups is 3.